The van der Waals surface area contributed by atoms with E-state index in [0.29, 0.717) is 17.6 Å². The van der Waals surface area contributed by atoms with Crippen LogP contribution >= 0.6 is 0 Å². The third-order valence-electron chi connectivity index (χ3n) is 3.42. The second-order valence-corrected chi connectivity index (χ2v) is 4.23. The van der Waals surface area contributed by atoms with Gasteiger partial charge in [0.05, 0.1) is 0 Å². The summed E-state index contributed by atoms with van der Waals surface area (Å²) in [6.45, 7) is 4.15. The van der Waals surface area contributed by atoms with Crippen molar-refractivity contribution in [1.29, 1.82) is 0 Å². The molecule has 13 heavy (non-hydrogen) atoms. The van der Waals surface area contributed by atoms with Crippen molar-refractivity contribution in [2.75, 3.05) is 0 Å². The van der Waals surface area contributed by atoms with Crippen LogP contribution in [-0.2, 0) is 4.79 Å². The molecule has 1 rings (SSSR count). The Kier molecular flexibility index (Phi) is 4.47. The lowest BCUT2D eigenvalue weighted by molar-refractivity contribution is -0.124. The van der Waals surface area contributed by atoms with E-state index in [0.717, 1.165) is 12.8 Å². The third-order valence-corrected chi connectivity index (χ3v) is 3.42. The van der Waals surface area contributed by atoms with Crippen LogP contribution in [0.15, 0.2) is 0 Å². The SMILES string of the molecule is CCC(=O)C(CC)C1CCCCC1. The summed E-state index contributed by atoms with van der Waals surface area (Å²) in [5, 5.41) is 0. The highest BCUT2D eigenvalue weighted by atomic mass is 16.1. The Balaban J connectivity index is 2.48. The molecule has 0 amide bonds. The second kappa shape index (κ2) is 5.41. The molecule has 1 heteroatoms. The first kappa shape index (κ1) is 10.7. The van der Waals surface area contributed by atoms with E-state index in [1.165, 1.54) is 32.1 Å². The molecule has 1 saturated carbocycles. The highest BCUT2D eigenvalue weighted by Crippen LogP contribution is 2.32. The van der Waals surface area contributed by atoms with Crippen LogP contribution in [0.4, 0.5) is 0 Å². The zero-order valence-corrected chi connectivity index (χ0v) is 9.01. The van der Waals surface area contributed by atoms with Crippen LogP contribution in [0, 0.1) is 11.8 Å². The van der Waals surface area contributed by atoms with E-state index in [2.05, 4.69) is 6.92 Å². The highest BCUT2D eigenvalue weighted by molar-refractivity contribution is 5.80. The fourth-order valence-corrected chi connectivity index (χ4v) is 2.62. The van der Waals surface area contributed by atoms with E-state index in [9.17, 15) is 4.79 Å². The third kappa shape index (κ3) is 2.82. The van der Waals surface area contributed by atoms with E-state index in [1.54, 1.807) is 0 Å². The number of carbonyl (C=O) groups is 1. The molecule has 0 aromatic heterocycles. The summed E-state index contributed by atoms with van der Waals surface area (Å²) in [6, 6.07) is 0. The first-order valence-electron chi connectivity index (χ1n) is 5.82. The van der Waals surface area contributed by atoms with Crippen LogP contribution in [0.3, 0.4) is 0 Å². The van der Waals surface area contributed by atoms with Gasteiger partial charge in [0.1, 0.15) is 5.78 Å². The number of hydrogen-bond acceptors (Lipinski definition) is 1. The molecule has 0 bridgehead atoms. The van der Waals surface area contributed by atoms with Crippen LogP contribution in [0.5, 0.6) is 0 Å². The van der Waals surface area contributed by atoms with Gasteiger partial charge in [-0.3, -0.25) is 4.79 Å². The van der Waals surface area contributed by atoms with E-state index < -0.39 is 0 Å². The van der Waals surface area contributed by atoms with E-state index in [-0.39, 0.29) is 0 Å². The summed E-state index contributed by atoms with van der Waals surface area (Å²) < 4.78 is 0. The van der Waals surface area contributed by atoms with Crippen LogP contribution in [-0.4, -0.2) is 5.78 Å². The predicted molar refractivity (Wildman–Crippen MR) is 55.7 cm³/mol. The fourth-order valence-electron chi connectivity index (χ4n) is 2.62. The van der Waals surface area contributed by atoms with Crippen molar-refractivity contribution in [1.82, 2.24) is 0 Å². The highest BCUT2D eigenvalue weighted by Gasteiger charge is 2.26. The zero-order chi connectivity index (χ0) is 9.68. The average molecular weight is 182 g/mol. The van der Waals surface area contributed by atoms with E-state index in [1.807, 2.05) is 6.92 Å². The smallest absolute Gasteiger partial charge is 0.135 e. The van der Waals surface area contributed by atoms with Gasteiger partial charge in [0.15, 0.2) is 0 Å². The first-order valence-corrected chi connectivity index (χ1v) is 5.82. The lowest BCUT2D eigenvalue weighted by atomic mass is 9.76. The van der Waals surface area contributed by atoms with Crippen LogP contribution in [0.2, 0.25) is 0 Å². The summed E-state index contributed by atoms with van der Waals surface area (Å²) in [5.41, 5.74) is 0. The number of rotatable bonds is 4. The predicted octanol–water partition coefficient (Wildman–Crippen LogP) is 3.57. The van der Waals surface area contributed by atoms with Crippen LogP contribution in [0.25, 0.3) is 0 Å². The van der Waals surface area contributed by atoms with Crippen molar-refractivity contribution in [3.05, 3.63) is 0 Å². The molecule has 1 nitrogen and oxygen atoms in total. The second-order valence-electron chi connectivity index (χ2n) is 4.23. The number of carbonyl (C=O) groups excluding carboxylic acids is 1. The molecule has 0 aromatic rings. The maximum Gasteiger partial charge on any atom is 0.135 e. The molecule has 1 aliphatic carbocycles. The normalized spacial score (nSPS) is 21.4. The molecule has 1 aliphatic rings. The number of ketones is 1. The molecule has 0 aromatic carbocycles. The molecule has 0 N–H and O–H groups in total. The van der Waals surface area contributed by atoms with Gasteiger partial charge >= 0.3 is 0 Å². The van der Waals surface area contributed by atoms with Crippen molar-refractivity contribution in [2.45, 2.75) is 58.8 Å². The summed E-state index contributed by atoms with van der Waals surface area (Å²) in [5.74, 6) is 1.59. The summed E-state index contributed by atoms with van der Waals surface area (Å²) in [4.78, 5) is 11.6. The number of hydrogen-bond donors (Lipinski definition) is 0. The Labute approximate surface area is 81.9 Å². The molecule has 1 atom stereocenters. The Morgan fingerprint density at radius 1 is 1.23 bits per heavy atom. The molecule has 0 aliphatic heterocycles. The summed E-state index contributed by atoms with van der Waals surface area (Å²) >= 11 is 0. The molecular formula is C12H22O. The van der Waals surface area contributed by atoms with Crippen molar-refractivity contribution in [3.8, 4) is 0 Å². The van der Waals surface area contributed by atoms with Gasteiger partial charge in [0.2, 0.25) is 0 Å². The van der Waals surface area contributed by atoms with Gasteiger partial charge in [-0.2, -0.15) is 0 Å². The van der Waals surface area contributed by atoms with E-state index in [4.69, 9.17) is 0 Å². The van der Waals surface area contributed by atoms with Gasteiger partial charge in [0.25, 0.3) is 0 Å². The number of Topliss-reactive ketones (excluding diaryl/α,β-unsaturated/α-hetero) is 1. The molecule has 1 fully saturated rings. The molecule has 0 radical (unpaired) electrons. The minimum absolute atomic E-state index is 0.380. The van der Waals surface area contributed by atoms with Crippen molar-refractivity contribution in [3.63, 3.8) is 0 Å². The lowest BCUT2D eigenvalue weighted by Crippen LogP contribution is -2.24. The van der Waals surface area contributed by atoms with Crippen molar-refractivity contribution >= 4 is 5.78 Å². The molecule has 0 spiro atoms. The zero-order valence-electron chi connectivity index (χ0n) is 9.01. The van der Waals surface area contributed by atoms with Gasteiger partial charge in [-0.15, -0.1) is 0 Å². The minimum atomic E-state index is 0.380. The summed E-state index contributed by atoms with van der Waals surface area (Å²) in [7, 11) is 0. The van der Waals surface area contributed by atoms with Gasteiger partial charge < -0.3 is 0 Å². The Morgan fingerprint density at radius 2 is 1.85 bits per heavy atom. The van der Waals surface area contributed by atoms with Gasteiger partial charge in [0, 0.05) is 12.3 Å². The Morgan fingerprint density at radius 3 is 2.31 bits per heavy atom. The largest absolute Gasteiger partial charge is 0.299 e. The first-order chi connectivity index (χ1) is 6.29. The van der Waals surface area contributed by atoms with Crippen LogP contribution < -0.4 is 0 Å². The van der Waals surface area contributed by atoms with Crippen molar-refractivity contribution in [2.24, 2.45) is 11.8 Å². The quantitative estimate of drug-likeness (QED) is 0.649. The lowest BCUT2D eigenvalue weighted by Gasteiger charge is -2.28. The summed E-state index contributed by atoms with van der Waals surface area (Å²) in [6.07, 6.45) is 8.45. The monoisotopic (exact) mass is 182 g/mol. The molecule has 1 unspecified atom stereocenters. The fraction of sp³-hybridized carbons (Fsp3) is 0.917. The van der Waals surface area contributed by atoms with Gasteiger partial charge in [-0.05, 0) is 25.2 Å². The maximum absolute atomic E-state index is 11.6. The molecule has 0 heterocycles. The maximum atomic E-state index is 11.6. The Bertz CT molecular complexity index is 157. The molecule has 0 saturated heterocycles. The Hall–Kier alpha value is -0.330. The van der Waals surface area contributed by atoms with E-state index >= 15 is 0 Å². The molecule has 76 valence electrons. The minimum Gasteiger partial charge on any atom is -0.299 e. The molecular weight excluding hydrogens is 160 g/mol. The van der Waals surface area contributed by atoms with Gasteiger partial charge in [-0.1, -0.05) is 33.1 Å². The topological polar surface area (TPSA) is 17.1 Å². The van der Waals surface area contributed by atoms with Crippen molar-refractivity contribution < 1.29 is 4.79 Å². The van der Waals surface area contributed by atoms with Gasteiger partial charge in [-0.25, -0.2) is 0 Å². The standard InChI is InChI=1S/C12H22O/c1-3-11(12(13)4-2)10-8-6-5-7-9-10/h10-11H,3-9H2,1-2H3. The van der Waals surface area contributed by atoms with Crippen LogP contribution in [0.1, 0.15) is 58.8 Å². The average Bonchev–Trinajstić information content (AvgIpc) is 2.20.